The number of nitrogens with zero attached hydrogens (tertiary/aromatic N) is 4. The highest BCUT2D eigenvalue weighted by molar-refractivity contribution is 5.77. The molecule has 4 rings (SSSR count). The van der Waals surface area contributed by atoms with Gasteiger partial charge in [-0.1, -0.05) is 35.5 Å². The van der Waals surface area contributed by atoms with E-state index in [1.165, 1.54) is 11.4 Å². The summed E-state index contributed by atoms with van der Waals surface area (Å²) in [5, 5.41) is 5.13. The van der Waals surface area contributed by atoms with Crippen molar-refractivity contribution in [1.82, 2.24) is 20.1 Å². The normalized spacial score (nSPS) is 24.1. The van der Waals surface area contributed by atoms with Crippen molar-refractivity contribution in [3.8, 4) is 0 Å². The SMILES string of the molecule is O=C1N2C[C@@H](CC[C@H]2c2ncno2)N1OCc1ccccc1. The summed E-state index contributed by atoms with van der Waals surface area (Å²) in [7, 11) is 0. The van der Waals surface area contributed by atoms with E-state index in [4.69, 9.17) is 9.36 Å². The Kier molecular flexibility index (Phi) is 3.27. The number of benzene rings is 1. The third-order valence-corrected chi connectivity index (χ3v) is 4.20. The summed E-state index contributed by atoms with van der Waals surface area (Å²) in [6.45, 7) is 1.03. The van der Waals surface area contributed by atoms with Crippen LogP contribution in [0.5, 0.6) is 0 Å². The van der Waals surface area contributed by atoms with E-state index in [1.54, 1.807) is 4.90 Å². The number of hydrogen-bond donors (Lipinski definition) is 0. The minimum absolute atomic E-state index is 0.0929. The second-order valence-corrected chi connectivity index (χ2v) is 5.55. The highest BCUT2D eigenvalue weighted by atomic mass is 16.7. The van der Waals surface area contributed by atoms with E-state index in [-0.39, 0.29) is 18.1 Å². The molecule has 0 spiro atoms. The van der Waals surface area contributed by atoms with Gasteiger partial charge in [-0.2, -0.15) is 10.0 Å². The van der Waals surface area contributed by atoms with Gasteiger partial charge >= 0.3 is 6.03 Å². The summed E-state index contributed by atoms with van der Waals surface area (Å²) in [5.41, 5.74) is 1.04. The summed E-state index contributed by atoms with van der Waals surface area (Å²) >= 11 is 0. The van der Waals surface area contributed by atoms with Crippen molar-refractivity contribution in [1.29, 1.82) is 0 Å². The highest BCUT2D eigenvalue weighted by Crippen LogP contribution is 2.37. The Labute approximate surface area is 127 Å². The smallest absolute Gasteiger partial charge is 0.337 e. The van der Waals surface area contributed by atoms with Gasteiger partial charge in [0.15, 0.2) is 6.33 Å². The quantitative estimate of drug-likeness (QED) is 0.865. The van der Waals surface area contributed by atoms with Crippen molar-refractivity contribution in [2.75, 3.05) is 6.54 Å². The first kappa shape index (κ1) is 13.3. The number of aromatic nitrogens is 2. The van der Waals surface area contributed by atoms with E-state index in [1.807, 2.05) is 30.3 Å². The molecule has 2 bridgehead atoms. The molecule has 0 radical (unpaired) electrons. The maximum atomic E-state index is 12.6. The predicted molar refractivity (Wildman–Crippen MR) is 75.2 cm³/mol. The summed E-state index contributed by atoms with van der Waals surface area (Å²) in [4.78, 5) is 24.1. The van der Waals surface area contributed by atoms with Gasteiger partial charge < -0.3 is 9.42 Å². The standard InChI is InChI=1S/C15H16N4O3/c20-15-18-8-12(6-7-13(18)14-16-10-17-22-14)19(15)21-9-11-4-2-1-3-5-11/h1-5,10,12-13H,6-9H2/t12-,13+/m1/s1. The third-order valence-electron chi connectivity index (χ3n) is 4.20. The first-order chi connectivity index (χ1) is 10.8. The van der Waals surface area contributed by atoms with Gasteiger partial charge in [0.05, 0.1) is 6.04 Å². The zero-order valence-electron chi connectivity index (χ0n) is 12.0. The first-order valence-electron chi connectivity index (χ1n) is 7.36. The van der Waals surface area contributed by atoms with E-state index in [0.717, 1.165) is 18.4 Å². The number of carbonyl (C=O) groups excluding carboxylic acids is 1. The maximum Gasteiger partial charge on any atom is 0.345 e. The Morgan fingerprint density at radius 2 is 2.14 bits per heavy atom. The fourth-order valence-electron chi connectivity index (χ4n) is 3.10. The number of piperidine rings is 1. The molecule has 114 valence electrons. The second-order valence-electron chi connectivity index (χ2n) is 5.55. The Morgan fingerprint density at radius 1 is 1.27 bits per heavy atom. The Morgan fingerprint density at radius 3 is 2.91 bits per heavy atom. The zero-order valence-corrected chi connectivity index (χ0v) is 12.0. The van der Waals surface area contributed by atoms with Gasteiger partial charge in [-0.3, -0.25) is 4.84 Å². The molecule has 3 heterocycles. The molecule has 2 saturated heterocycles. The molecule has 2 atom stereocenters. The first-order valence-corrected chi connectivity index (χ1v) is 7.36. The molecule has 7 nitrogen and oxygen atoms in total. The Hall–Kier alpha value is -2.41. The molecule has 2 aliphatic heterocycles. The molecular formula is C15H16N4O3. The van der Waals surface area contributed by atoms with Crippen LogP contribution < -0.4 is 0 Å². The van der Waals surface area contributed by atoms with Gasteiger partial charge in [0, 0.05) is 6.54 Å². The summed E-state index contributed by atoms with van der Waals surface area (Å²) < 4.78 is 5.12. The topological polar surface area (TPSA) is 71.7 Å². The van der Waals surface area contributed by atoms with Gasteiger partial charge in [-0.25, -0.2) is 4.79 Å². The van der Waals surface area contributed by atoms with Gasteiger partial charge in [-0.15, -0.1) is 0 Å². The van der Waals surface area contributed by atoms with Crippen LogP contribution in [0, 0.1) is 0 Å². The van der Waals surface area contributed by atoms with E-state index >= 15 is 0 Å². The molecule has 0 saturated carbocycles. The number of amides is 2. The fraction of sp³-hybridized carbons (Fsp3) is 0.400. The lowest BCUT2D eigenvalue weighted by Crippen LogP contribution is -2.34. The lowest BCUT2D eigenvalue weighted by atomic mass is 10.0. The molecule has 1 aromatic carbocycles. The molecule has 0 aliphatic carbocycles. The van der Waals surface area contributed by atoms with Crippen LogP contribution in [-0.2, 0) is 11.4 Å². The van der Waals surface area contributed by atoms with Gasteiger partial charge in [-0.05, 0) is 18.4 Å². The van der Waals surface area contributed by atoms with E-state index in [9.17, 15) is 4.79 Å². The van der Waals surface area contributed by atoms with Crippen LogP contribution in [0.1, 0.15) is 30.3 Å². The van der Waals surface area contributed by atoms with Crippen molar-refractivity contribution in [3.05, 3.63) is 48.1 Å². The van der Waals surface area contributed by atoms with Crippen molar-refractivity contribution < 1.29 is 14.2 Å². The van der Waals surface area contributed by atoms with Gasteiger partial charge in [0.1, 0.15) is 12.6 Å². The largest absolute Gasteiger partial charge is 0.345 e. The molecule has 2 amide bonds. The minimum atomic E-state index is -0.142. The van der Waals surface area contributed by atoms with Crippen LogP contribution in [0.2, 0.25) is 0 Å². The lowest BCUT2D eigenvalue weighted by molar-refractivity contribution is -0.140. The number of rotatable bonds is 4. The molecular weight excluding hydrogens is 284 g/mol. The van der Waals surface area contributed by atoms with Crippen LogP contribution in [0.15, 0.2) is 41.2 Å². The van der Waals surface area contributed by atoms with E-state index in [2.05, 4.69) is 10.1 Å². The molecule has 2 fully saturated rings. The Balaban J connectivity index is 1.46. The zero-order chi connectivity index (χ0) is 14.9. The van der Waals surface area contributed by atoms with Crippen LogP contribution in [-0.4, -0.2) is 38.7 Å². The number of fused-ring (bicyclic) bond motifs is 2. The third kappa shape index (κ3) is 2.23. The summed E-state index contributed by atoms with van der Waals surface area (Å²) in [6, 6.07) is 9.66. The number of urea groups is 1. The summed E-state index contributed by atoms with van der Waals surface area (Å²) in [5.74, 6) is 0.497. The molecule has 0 unspecified atom stereocenters. The number of hydroxylamine groups is 2. The molecule has 7 heteroatoms. The lowest BCUT2D eigenvalue weighted by Gasteiger charge is -2.27. The van der Waals surface area contributed by atoms with Crippen LogP contribution in [0.25, 0.3) is 0 Å². The van der Waals surface area contributed by atoms with Gasteiger partial charge in [0.25, 0.3) is 0 Å². The average molecular weight is 300 g/mol. The highest BCUT2D eigenvalue weighted by Gasteiger charge is 2.47. The van der Waals surface area contributed by atoms with Gasteiger partial charge in [0.2, 0.25) is 5.89 Å². The molecule has 1 aromatic heterocycles. The van der Waals surface area contributed by atoms with Crippen LogP contribution >= 0.6 is 0 Å². The minimum Gasteiger partial charge on any atom is -0.337 e. The average Bonchev–Trinajstić information content (AvgIpc) is 3.17. The molecule has 2 aliphatic rings. The van der Waals surface area contributed by atoms with Crippen molar-refractivity contribution in [2.24, 2.45) is 0 Å². The van der Waals surface area contributed by atoms with Crippen molar-refractivity contribution >= 4 is 6.03 Å². The van der Waals surface area contributed by atoms with Crippen LogP contribution in [0.3, 0.4) is 0 Å². The summed E-state index contributed by atoms with van der Waals surface area (Å²) in [6.07, 6.45) is 3.04. The number of carbonyl (C=O) groups is 1. The van der Waals surface area contributed by atoms with E-state index in [0.29, 0.717) is 19.0 Å². The van der Waals surface area contributed by atoms with Crippen molar-refractivity contribution in [3.63, 3.8) is 0 Å². The Bertz CT molecular complexity index is 646. The van der Waals surface area contributed by atoms with E-state index < -0.39 is 0 Å². The number of hydrogen-bond acceptors (Lipinski definition) is 5. The molecule has 2 aromatic rings. The van der Waals surface area contributed by atoms with Crippen LogP contribution in [0.4, 0.5) is 4.79 Å². The second kappa shape index (κ2) is 5.42. The molecule has 22 heavy (non-hydrogen) atoms. The van der Waals surface area contributed by atoms with Crippen molar-refractivity contribution in [2.45, 2.75) is 31.5 Å². The predicted octanol–water partition coefficient (Wildman–Crippen LogP) is 2.14. The molecule has 0 N–H and O–H groups in total. The monoisotopic (exact) mass is 300 g/mol. The maximum absolute atomic E-state index is 12.6. The fourth-order valence-corrected chi connectivity index (χ4v) is 3.10.